The molecule has 1 aliphatic heterocycles. The van der Waals surface area contributed by atoms with Gasteiger partial charge in [-0.05, 0) is 40.6 Å². The van der Waals surface area contributed by atoms with Crippen LogP contribution in [0.25, 0.3) is 10.8 Å². The molecular formula is C25H26FN3O3. The number of halogens is 1. The van der Waals surface area contributed by atoms with Crippen molar-refractivity contribution in [3.63, 3.8) is 0 Å². The minimum absolute atomic E-state index is 0.0324. The van der Waals surface area contributed by atoms with Gasteiger partial charge in [0, 0.05) is 38.3 Å². The number of hydrogen-bond acceptors (Lipinski definition) is 4. The fraction of sp³-hybridized carbons (Fsp3) is 0.280. The van der Waals surface area contributed by atoms with Crippen LogP contribution in [0.5, 0.6) is 5.75 Å². The first-order chi connectivity index (χ1) is 15.5. The number of benzene rings is 3. The number of fused-ring (bicyclic) bond motifs is 1. The zero-order chi connectivity index (χ0) is 22.5. The summed E-state index contributed by atoms with van der Waals surface area (Å²) < 4.78 is 18.8. The highest BCUT2D eigenvalue weighted by molar-refractivity contribution is 6.00. The molecule has 1 saturated heterocycles. The van der Waals surface area contributed by atoms with Crippen LogP contribution in [-0.4, -0.2) is 61.4 Å². The van der Waals surface area contributed by atoms with Gasteiger partial charge in [-0.2, -0.15) is 0 Å². The predicted molar refractivity (Wildman–Crippen MR) is 121 cm³/mol. The van der Waals surface area contributed by atoms with Gasteiger partial charge in [0.05, 0.1) is 13.7 Å². The summed E-state index contributed by atoms with van der Waals surface area (Å²) in [4.78, 5) is 29.0. The van der Waals surface area contributed by atoms with E-state index in [1.54, 1.807) is 17.0 Å². The molecule has 2 amide bonds. The molecule has 0 saturated carbocycles. The number of hydrogen-bond donors (Lipinski definition) is 1. The molecule has 1 heterocycles. The number of carbonyl (C=O) groups is 2. The number of amides is 2. The van der Waals surface area contributed by atoms with Gasteiger partial charge in [0.1, 0.15) is 0 Å². The second-order valence-electron chi connectivity index (χ2n) is 7.87. The molecule has 0 aromatic heterocycles. The number of ether oxygens (including phenoxy) is 1. The molecule has 3 aromatic rings. The van der Waals surface area contributed by atoms with E-state index in [1.807, 2.05) is 42.5 Å². The molecule has 3 aromatic carbocycles. The second-order valence-corrected chi connectivity index (χ2v) is 7.87. The topological polar surface area (TPSA) is 61.9 Å². The lowest BCUT2D eigenvalue weighted by Crippen LogP contribution is -2.50. The maximum Gasteiger partial charge on any atom is 0.251 e. The third kappa shape index (κ3) is 5.06. The largest absolute Gasteiger partial charge is 0.494 e. The van der Waals surface area contributed by atoms with Crippen molar-refractivity contribution in [3.8, 4) is 5.75 Å². The van der Waals surface area contributed by atoms with Crippen molar-refractivity contribution >= 4 is 22.6 Å². The molecule has 6 nitrogen and oxygen atoms in total. The first kappa shape index (κ1) is 21.8. The van der Waals surface area contributed by atoms with Crippen LogP contribution in [0.4, 0.5) is 4.39 Å². The van der Waals surface area contributed by atoms with E-state index in [1.165, 1.54) is 13.2 Å². The lowest BCUT2D eigenvalue weighted by Gasteiger charge is -2.34. The summed E-state index contributed by atoms with van der Waals surface area (Å²) in [6.07, 6.45) is 0. The van der Waals surface area contributed by atoms with Gasteiger partial charge in [0.25, 0.3) is 5.91 Å². The molecule has 1 fully saturated rings. The Bertz CT molecular complexity index is 1130. The zero-order valence-electron chi connectivity index (χ0n) is 18.0. The molecule has 32 heavy (non-hydrogen) atoms. The number of piperazine rings is 1. The molecule has 7 heteroatoms. The van der Waals surface area contributed by atoms with Gasteiger partial charge in [-0.1, -0.05) is 36.4 Å². The van der Waals surface area contributed by atoms with Gasteiger partial charge in [-0.15, -0.1) is 0 Å². The first-order valence-corrected chi connectivity index (χ1v) is 10.6. The number of carbonyl (C=O) groups excluding carboxylic acids is 2. The minimum Gasteiger partial charge on any atom is -0.494 e. The van der Waals surface area contributed by atoms with E-state index in [9.17, 15) is 14.0 Å². The van der Waals surface area contributed by atoms with E-state index in [-0.39, 0.29) is 29.9 Å². The van der Waals surface area contributed by atoms with E-state index in [4.69, 9.17) is 4.74 Å². The standard InChI is InChI=1S/C25H26FN3O3/c1-32-23-9-6-18(14-22(23)26)17-28-10-12-29(13-11-28)24(30)16-27-25(31)21-8-7-19-4-2-3-5-20(19)15-21/h2-9,14-15H,10-13,16-17H2,1H3,(H,27,31). The van der Waals surface area contributed by atoms with Crippen molar-refractivity contribution in [2.45, 2.75) is 6.54 Å². The molecule has 1 aliphatic rings. The predicted octanol–water partition coefficient (Wildman–Crippen LogP) is 3.06. The average Bonchev–Trinajstić information content (AvgIpc) is 2.82. The van der Waals surface area contributed by atoms with E-state index in [2.05, 4.69) is 10.2 Å². The maximum atomic E-state index is 13.9. The highest BCUT2D eigenvalue weighted by atomic mass is 19.1. The van der Waals surface area contributed by atoms with Crippen molar-refractivity contribution in [1.82, 2.24) is 15.1 Å². The van der Waals surface area contributed by atoms with Crippen LogP contribution < -0.4 is 10.1 Å². The van der Waals surface area contributed by atoms with Gasteiger partial charge in [0.2, 0.25) is 5.91 Å². The first-order valence-electron chi connectivity index (χ1n) is 10.6. The summed E-state index contributed by atoms with van der Waals surface area (Å²) in [5.41, 5.74) is 1.40. The van der Waals surface area contributed by atoms with Crippen molar-refractivity contribution in [2.24, 2.45) is 0 Å². The van der Waals surface area contributed by atoms with Crippen molar-refractivity contribution in [2.75, 3.05) is 39.8 Å². The van der Waals surface area contributed by atoms with Crippen LogP contribution in [0.1, 0.15) is 15.9 Å². The highest BCUT2D eigenvalue weighted by Gasteiger charge is 2.22. The monoisotopic (exact) mass is 435 g/mol. The number of methoxy groups -OCH3 is 1. The molecular weight excluding hydrogens is 409 g/mol. The summed E-state index contributed by atoms with van der Waals surface area (Å²) in [5, 5.41) is 4.78. The normalized spacial score (nSPS) is 14.4. The second kappa shape index (κ2) is 9.78. The van der Waals surface area contributed by atoms with Crippen molar-refractivity contribution in [3.05, 3.63) is 77.6 Å². The molecule has 0 unspecified atom stereocenters. The van der Waals surface area contributed by atoms with Crippen LogP contribution in [0.3, 0.4) is 0 Å². The Kier molecular flexibility index (Phi) is 6.66. The van der Waals surface area contributed by atoms with Crippen LogP contribution >= 0.6 is 0 Å². The van der Waals surface area contributed by atoms with Gasteiger partial charge in [0.15, 0.2) is 11.6 Å². The Hall–Kier alpha value is -3.45. The summed E-state index contributed by atoms with van der Waals surface area (Å²) in [6, 6.07) is 18.3. The lowest BCUT2D eigenvalue weighted by molar-refractivity contribution is -0.131. The Labute approximate surface area is 186 Å². The van der Waals surface area contributed by atoms with E-state index < -0.39 is 0 Å². The Balaban J connectivity index is 1.25. The summed E-state index contributed by atoms with van der Waals surface area (Å²) in [6.45, 7) is 3.11. The Morgan fingerprint density at radius 3 is 2.44 bits per heavy atom. The minimum atomic E-state index is -0.374. The molecule has 1 N–H and O–H groups in total. The molecule has 4 rings (SSSR count). The van der Waals surface area contributed by atoms with Crippen molar-refractivity contribution < 1.29 is 18.7 Å². The van der Waals surface area contributed by atoms with Crippen LogP contribution in [0.2, 0.25) is 0 Å². The van der Waals surface area contributed by atoms with Crippen molar-refractivity contribution in [1.29, 1.82) is 0 Å². The molecule has 0 radical (unpaired) electrons. The van der Waals surface area contributed by atoms with Crippen LogP contribution in [0.15, 0.2) is 60.7 Å². The highest BCUT2D eigenvalue weighted by Crippen LogP contribution is 2.19. The van der Waals surface area contributed by atoms with Crippen LogP contribution in [-0.2, 0) is 11.3 Å². The lowest BCUT2D eigenvalue weighted by atomic mass is 10.1. The van der Waals surface area contributed by atoms with E-state index >= 15 is 0 Å². The third-order valence-corrected chi connectivity index (χ3v) is 5.76. The van der Waals surface area contributed by atoms with Gasteiger partial charge in [-0.25, -0.2) is 4.39 Å². The summed E-state index contributed by atoms with van der Waals surface area (Å²) in [7, 11) is 1.44. The van der Waals surface area contributed by atoms with E-state index in [0.717, 1.165) is 16.3 Å². The Morgan fingerprint density at radius 1 is 0.969 bits per heavy atom. The van der Waals surface area contributed by atoms with Crippen LogP contribution in [0, 0.1) is 5.82 Å². The Morgan fingerprint density at radius 2 is 1.72 bits per heavy atom. The molecule has 0 aliphatic carbocycles. The van der Waals surface area contributed by atoms with E-state index in [0.29, 0.717) is 38.3 Å². The van der Waals surface area contributed by atoms with Gasteiger partial charge < -0.3 is 15.0 Å². The fourth-order valence-electron chi connectivity index (χ4n) is 3.92. The molecule has 0 bridgehead atoms. The van der Waals surface area contributed by atoms with Gasteiger partial charge >= 0.3 is 0 Å². The smallest absolute Gasteiger partial charge is 0.251 e. The third-order valence-electron chi connectivity index (χ3n) is 5.76. The summed E-state index contributed by atoms with van der Waals surface area (Å²) >= 11 is 0. The number of nitrogens with zero attached hydrogens (tertiary/aromatic N) is 2. The molecule has 0 spiro atoms. The summed E-state index contributed by atoms with van der Waals surface area (Å²) in [5.74, 6) is -0.505. The maximum absolute atomic E-state index is 13.9. The quantitative estimate of drug-likeness (QED) is 0.647. The zero-order valence-corrected chi connectivity index (χ0v) is 18.0. The molecule has 166 valence electrons. The van der Waals surface area contributed by atoms with Gasteiger partial charge in [-0.3, -0.25) is 14.5 Å². The SMILES string of the molecule is COc1ccc(CN2CCN(C(=O)CNC(=O)c3ccc4ccccc4c3)CC2)cc1F. The fourth-order valence-corrected chi connectivity index (χ4v) is 3.92. The number of nitrogens with one attached hydrogen (secondary N) is 1. The average molecular weight is 435 g/mol. The molecule has 0 atom stereocenters. The number of rotatable bonds is 6.